The minimum atomic E-state index is -0.664. The summed E-state index contributed by atoms with van der Waals surface area (Å²) in [5, 5.41) is 12.6. The van der Waals surface area contributed by atoms with Gasteiger partial charge in [-0.15, -0.1) is 11.8 Å². The molecule has 23 heavy (non-hydrogen) atoms. The first-order chi connectivity index (χ1) is 11.0. The smallest absolute Gasteiger partial charge is 0.341 e. The largest absolute Gasteiger partial charge is 0.505 e. The van der Waals surface area contributed by atoms with Crippen LogP contribution in [0.3, 0.4) is 0 Å². The van der Waals surface area contributed by atoms with Crippen molar-refractivity contribution in [3.05, 3.63) is 52.5 Å². The number of hydrogen-bond donors (Lipinski definition) is 2. The topological polar surface area (TPSA) is 75.6 Å². The normalized spacial score (nSPS) is 10.2. The van der Waals surface area contributed by atoms with Crippen molar-refractivity contribution in [1.29, 1.82) is 0 Å². The van der Waals surface area contributed by atoms with Gasteiger partial charge in [-0.25, -0.2) is 4.79 Å². The van der Waals surface area contributed by atoms with E-state index in [4.69, 9.17) is 0 Å². The molecule has 0 saturated heterocycles. The average molecular weight is 396 g/mol. The number of hydrogen-bond acceptors (Lipinski definition) is 5. The molecule has 0 radical (unpaired) electrons. The number of benzene rings is 2. The van der Waals surface area contributed by atoms with Crippen LogP contribution in [-0.2, 0) is 9.53 Å². The quantitative estimate of drug-likeness (QED) is 0.458. The van der Waals surface area contributed by atoms with E-state index in [2.05, 4.69) is 26.0 Å². The van der Waals surface area contributed by atoms with E-state index in [-0.39, 0.29) is 28.7 Å². The molecule has 0 saturated carbocycles. The van der Waals surface area contributed by atoms with Crippen LogP contribution in [0, 0.1) is 0 Å². The molecule has 2 aromatic carbocycles. The Labute approximate surface area is 146 Å². The number of carbonyl (C=O) groups excluding carboxylic acids is 2. The van der Waals surface area contributed by atoms with Crippen molar-refractivity contribution >= 4 is 45.3 Å². The minimum absolute atomic E-state index is 0.00543. The Morgan fingerprint density at radius 3 is 2.57 bits per heavy atom. The molecule has 0 aliphatic heterocycles. The Bertz CT molecular complexity index is 719. The Balaban J connectivity index is 2.00. The molecule has 5 nitrogen and oxygen atoms in total. The number of amides is 1. The fraction of sp³-hybridized carbons (Fsp3) is 0.125. The highest BCUT2D eigenvalue weighted by Crippen LogP contribution is 2.28. The number of anilines is 1. The van der Waals surface area contributed by atoms with E-state index >= 15 is 0 Å². The number of nitrogens with one attached hydrogen (secondary N) is 1. The molecule has 0 aliphatic carbocycles. The summed E-state index contributed by atoms with van der Waals surface area (Å²) in [6.07, 6.45) is 0. The number of thioether (sulfide) groups is 1. The molecule has 2 rings (SSSR count). The van der Waals surface area contributed by atoms with Crippen LogP contribution in [0.5, 0.6) is 5.75 Å². The summed E-state index contributed by atoms with van der Waals surface area (Å²) in [7, 11) is 1.22. The third-order valence-corrected chi connectivity index (χ3v) is 4.44. The molecule has 0 bridgehead atoms. The molecule has 1 amide bonds. The first-order valence-electron chi connectivity index (χ1n) is 6.59. The van der Waals surface area contributed by atoms with Crippen LogP contribution in [0.25, 0.3) is 0 Å². The fourth-order valence-electron chi connectivity index (χ4n) is 1.79. The monoisotopic (exact) mass is 395 g/mol. The van der Waals surface area contributed by atoms with Crippen LogP contribution in [0.2, 0.25) is 0 Å². The summed E-state index contributed by atoms with van der Waals surface area (Å²) >= 11 is 4.72. The molecule has 0 aliphatic rings. The maximum Gasteiger partial charge on any atom is 0.341 e. The van der Waals surface area contributed by atoms with Crippen molar-refractivity contribution in [3.8, 4) is 5.75 Å². The number of aromatic hydroxyl groups is 1. The van der Waals surface area contributed by atoms with Gasteiger partial charge < -0.3 is 15.2 Å². The maximum absolute atomic E-state index is 12.0. The van der Waals surface area contributed by atoms with E-state index in [1.54, 1.807) is 6.07 Å². The lowest BCUT2D eigenvalue weighted by molar-refractivity contribution is -0.113. The van der Waals surface area contributed by atoms with E-state index in [0.717, 1.165) is 9.37 Å². The molecule has 0 spiro atoms. The first kappa shape index (κ1) is 17.4. The van der Waals surface area contributed by atoms with Gasteiger partial charge in [0.2, 0.25) is 5.91 Å². The molecule has 120 valence electrons. The Hall–Kier alpha value is -1.99. The number of carbonyl (C=O) groups is 2. The fourth-order valence-corrected chi connectivity index (χ4v) is 2.75. The van der Waals surface area contributed by atoms with E-state index < -0.39 is 5.97 Å². The lowest BCUT2D eigenvalue weighted by Crippen LogP contribution is -2.15. The highest BCUT2D eigenvalue weighted by Gasteiger charge is 2.16. The third kappa shape index (κ3) is 4.74. The maximum atomic E-state index is 12.0. The van der Waals surface area contributed by atoms with Crippen LogP contribution in [0.4, 0.5) is 5.69 Å². The number of para-hydroxylation sites is 1. The predicted molar refractivity (Wildman–Crippen MR) is 92.9 cm³/mol. The van der Waals surface area contributed by atoms with Gasteiger partial charge in [0.05, 0.1) is 18.6 Å². The van der Waals surface area contributed by atoms with E-state index in [9.17, 15) is 14.7 Å². The van der Waals surface area contributed by atoms with E-state index in [0.29, 0.717) is 0 Å². The van der Waals surface area contributed by atoms with Gasteiger partial charge in [0, 0.05) is 9.37 Å². The second-order valence-corrected chi connectivity index (χ2v) is 6.45. The summed E-state index contributed by atoms with van der Waals surface area (Å²) in [5.41, 5.74) is 0.181. The van der Waals surface area contributed by atoms with Crippen molar-refractivity contribution < 1.29 is 19.4 Å². The molecular formula is C16H14BrNO4S. The van der Waals surface area contributed by atoms with Gasteiger partial charge in [0.1, 0.15) is 5.56 Å². The number of phenolic OH excluding ortho intramolecular Hbond substituents is 1. The standard InChI is InChI=1S/C16H14BrNO4S/c1-22-16(21)12-3-2-4-13(15(12)20)18-14(19)9-23-11-7-5-10(17)6-8-11/h2-8,20H,9H2,1H3,(H,18,19). The van der Waals surface area contributed by atoms with Crippen LogP contribution in [0.15, 0.2) is 51.8 Å². The summed E-state index contributed by atoms with van der Waals surface area (Å²) in [6.45, 7) is 0. The van der Waals surface area contributed by atoms with Crippen LogP contribution >= 0.6 is 27.7 Å². The zero-order valence-corrected chi connectivity index (χ0v) is 14.6. The number of esters is 1. The van der Waals surface area contributed by atoms with Gasteiger partial charge in [-0.05, 0) is 36.4 Å². The second-order valence-electron chi connectivity index (χ2n) is 4.48. The SMILES string of the molecule is COC(=O)c1cccc(NC(=O)CSc2ccc(Br)cc2)c1O. The molecule has 0 heterocycles. The molecular weight excluding hydrogens is 382 g/mol. The summed E-state index contributed by atoms with van der Waals surface area (Å²) in [5.74, 6) is -1.07. The summed E-state index contributed by atoms with van der Waals surface area (Å²) < 4.78 is 5.54. The molecule has 7 heteroatoms. The Morgan fingerprint density at radius 2 is 1.91 bits per heavy atom. The van der Waals surface area contributed by atoms with Crippen molar-refractivity contribution in [1.82, 2.24) is 0 Å². The number of ether oxygens (including phenoxy) is 1. The van der Waals surface area contributed by atoms with Crippen molar-refractivity contribution in [3.63, 3.8) is 0 Å². The van der Waals surface area contributed by atoms with Crippen LogP contribution in [0.1, 0.15) is 10.4 Å². The molecule has 2 N–H and O–H groups in total. The highest BCUT2D eigenvalue weighted by molar-refractivity contribution is 9.10. The lowest BCUT2D eigenvalue weighted by atomic mass is 10.1. The number of methoxy groups -OCH3 is 1. The predicted octanol–water partition coefficient (Wildman–Crippen LogP) is 3.67. The van der Waals surface area contributed by atoms with Crippen LogP contribution in [-0.4, -0.2) is 29.8 Å². The summed E-state index contributed by atoms with van der Waals surface area (Å²) in [6, 6.07) is 12.1. The van der Waals surface area contributed by atoms with Crippen molar-refractivity contribution in [2.24, 2.45) is 0 Å². The number of halogens is 1. The van der Waals surface area contributed by atoms with Gasteiger partial charge in [-0.2, -0.15) is 0 Å². The van der Waals surface area contributed by atoms with Gasteiger partial charge in [0.15, 0.2) is 5.75 Å². The second kappa shape index (κ2) is 8.03. The van der Waals surface area contributed by atoms with Crippen molar-refractivity contribution in [2.45, 2.75) is 4.90 Å². The van der Waals surface area contributed by atoms with Gasteiger partial charge >= 0.3 is 5.97 Å². The third-order valence-electron chi connectivity index (χ3n) is 2.90. The average Bonchev–Trinajstić information content (AvgIpc) is 2.55. The van der Waals surface area contributed by atoms with E-state index in [1.807, 2.05) is 24.3 Å². The van der Waals surface area contributed by atoms with Crippen LogP contribution < -0.4 is 5.32 Å². The van der Waals surface area contributed by atoms with Gasteiger partial charge in [-0.3, -0.25) is 4.79 Å². The van der Waals surface area contributed by atoms with E-state index in [1.165, 1.54) is 31.0 Å². The number of rotatable bonds is 5. The molecule has 0 aromatic heterocycles. The first-order valence-corrected chi connectivity index (χ1v) is 8.37. The van der Waals surface area contributed by atoms with Crippen molar-refractivity contribution in [2.75, 3.05) is 18.2 Å². The zero-order chi connectivity index (χ0) is 16.8. The molecule has 0 fully saturated rings. The summed E-state index contributed by atoms with van der Waals surface area (Å²) in [4.78, 5) is 24.4. The van der Waals surface area contributed by atoms with Gasteiger partial charge in [0.25, 0.3) is 0 Å². The van der Waals surface area contributed by atoms with Gasteiger partial charge in [-0.1, -0.05) is 22.0 Å². The zero-order valence-electron chi connectivity index (χ0n) is 12.2. The Morgan fingerprint density at radius 1 is 1.22 bits per heavy atom. The molecule has 0 atom stereocenters. The highest BCUT2D eigenvalue weighted by atomic mass is 79.9. The Kier molecular flexibility index (Phi) is 6.06. The lowest BCUT2D eigenvalue weighted by Gasteiger charge is -2.10. The number of phenols is 1. The minimum Gasteiger partial charge on any atom is -0.505 e. The molecule has 2 aromatic rings. The molecule has 0 unspecified atom stereocenters.